The van der Waals surface area contributed by atoms with Crippen molar-refractivity contribution in [1.29, 1.82) is 0 Å². The molecule has 0 spiro atoms. The number of ether oxygens (including phenoxy) is 1. The maximum absolute atomic E-state index is 11.3. The van der Waals surface area contributed by atoms with Crippen LogP contribution in [0, 0.1) is 0 Å². The predicted molar refractivity (Wildman–Crippen MR) is 60.5 cm³/mol. The molecule has 0 aliphatic rings. The summed E-state index contributed by atoms with van der Waals surface area (Å²) in [4.78, 5) is 11.3. The molecule has 0 atom stereocenters. The van der Waals surface area contributed by atoms with Crippen molar-refractivity contribution in [2.45, 2.75) is 26.7 Å². The first-order chi connectivity index (χ1) is 7.76. The Labute approximate surface area is 93.8 Å². The van der Waals surface area contributed by atoms with Gasteiger partial charge in [0.2, 0.25) is 0 Å². The standard InChI is InChI=1S/C12H14N2O2/c1-3-9-12(16-11(15)4-2)10-7-5-6-8-14(10)13-9/h5-8H,3-4H2,1-2H3. The van der Waals surface area contributed by atoms with E-state index in [2.05, 4.69) is 5.10 Å². The zero-order valence-electron chi connectivity index (χ0n) is 9.43. The maximum atomic E-state index is 11.3. The summed E-state index contributed by atoms with van der Waals surface area (Å²) in [6.45, 7) is 3.77. The van der Waals surface area contributed by atoms with Crippen LogP contribution in [0.25, 0.3) is 5.52 Å². The molecule has 4 nitrogen and oxygen atoms in total. The number of aryl methyl sites for hydroxylation is 1. The van der Waals surface area contributed by atoms with Gasteiger partial charge in [-0.3, -0.25) is 4.79 Å². The van der Waals surface area contributed by atoms with Crippen LogP contribution in [-0.2, 0) is 11.2 Å². The van der Waals surface area contributed by atoms with Crippen molar-refractivity contribution in [2.75, 3.05) is 0 Å². The molecule has 2 rings (SSSR count). The minimum atomic E-state index is -0.228. The van der Waals surface area contributed by atoms with Crippen molar-refractivity contribution in [3.05, 3.63) is 30.1 Å². The van der Waals surface area contributed by atoms with E-state index in [0.717, 1.165) is 17.6 Å². The van der Waals surface area contributed by atoms with E-state index in [1.165, 1.54) is 0 Å². The van der Waals surface area contributed by atoms with E-state index in [1.54, 1.807) is 11.4 Å². The molecule has 0 saturated heterocycles. The minimum absolute atomic E-state index is 0.228. The average Bonchev–Trinajstić information content (AvgIpc) is 2.67. The number of fused-ring (bicyclic) bond motifs is 1. The molecule has 0 saturated carbocycles. The zero-order chi connectivity index (χ0) is 11.5. The quantitative estimate of drug-likeness (QED) is 0.742. The normalized spacial score (nSPS) is 10.6. The van der Waals surface area contributed by atoms with Gasteiger partial charge >= 0.3 is 5.97 Å². The van der Waals surface area contributed by atoms with Crippen molar-refractivity contribution >= 4 is 11.5 Å². The summed E-state index contributed by atoms with van der Waals surface area (Å²) in [5, 5.41) is 4.36. The number of esters is 1. The summed E-state index contributed by atoms with van der Waals surface area (Å²) in [5.74, 6) is 0.364. The van der Waals surface area contributed by atoms with Gasteiger partial charge in [-0.2, -0.15) is 5.10 Å². The van der Waals surface area contributed by atoms with Crippen molar-refractivity contribution in [1.82, 2.24) is 9.61 Å². The third-order valence-corrected chi connectivity index (χ3v) is 2.40. The fourth-order valence-electron chi connectivity index (χ4n) is 1.55. The summed E-state index contributed by atoms with van der Waals surface area (Å²) in [6, 6.07) is 5.69. The number of rotatable bonds is 3. The molecule has 0 unspecified atom stereocenters. The van der Waals surface area contributed by atoms with Gasteiger partial charge in [-0.15, -0.1) is 0 Å². The monoisotopic (exact) mass is 218 g/mol. The van der Waals surface area contributed by atoms with Crippen molar-refractivity contribution in [2.24, 2.45) is 0 Å². The minimum Gasteiger partial charge on any atom is -0.422 e. The Morgan fingerprint density at radius 3 is 2.94 bits per heavy atom. The largest absolute Gasteiger partial charge is 0.422 e. The van der Waals surface area contributed by atoms with E-state index in [0.29, 0.717) is 12.2 Å². The van der Waals surface area contributed by atoms with Gasteiger partial charge in [0.25, 0.3) is 0 Å². The predicted octanol–water partition coefficient (Wildman–Crippen LogP) is 2.21. The fraction of sp³-hybridized carbons (Fsp3) is 0.333. The first-order valence-electron chi connectivity index (χ1n) is 5.43. The number of hydrogen-bond donors (Lipinski definition) is 0. The summed E-state index contributed by atoms with van der Waals surface area (Å²) in [6.07, 6.45) is 2.96. The second-order valence-electron chi connectivity index (χ2n) is 3.49. The van der Waals surface area contributed by atoms with Crippen LogP contribution in [-0.4, -0.2) is 15.6 Å². The van der Waals surface area contributed by atoms with E-state index in [4.69, 9.17) is 4.74 Å². The van der Waals surface area contributed by atoms with Crippen molar-refractivity contribution in [3.8, 4) is 5.75 Å². The lowest BCUT2D eigenvalue weighted by Crippen LogP contribution is -2.06. The molecule has 2 aromatic heterocycles. The van der Waals surface area contributed by atoms with Gasteiger partial charge in [0, 0.05) is 12.6 Å². The second-order valence-corrected chi connectivity index (χ2v) is 3.49. The lowest BCUT2D eigenvalue weighted by Gasteiger charge is -2.01. The number of pyridine rings is 1. The molecule has 0 N–H and O–H groups in total. The van der Waals surface area contributed by atoms with Crippen molar-refractivity contribution < 1.29 is 9.53 Å². The van der Waals surface area contributed by atoms with E-state index in [-0.39, 0.29) is 5.97 Å². The molecule has 0 amide bonds. The Balaban J connectivity index is 2.51. The number of hydrogen-bond acceptors (Lipinski definition) is 3. The Bertz CT molecular complexity index is 517. The van der Waals surface area contributed by atoms with E-state index in [9.17, 15) is 4.79 Å². The summed E-state index contributed by atoms with van der Waals surface area (Å²) < 4.78 is 7.05. The Morgan fingerprint density at radius 2 is 2.25 bits per heavy atom. The first kappa shape index (κ1) is 10.7. The second kappa shape index (κ2) is 4.35. The number of aromatic nitrogens is 2. The van der Waals surface area contributed by atoms with E-state index in [1.807, 2.05) is 31.3 Å². The van der Waals surface area contributed by atoms with Crippen LogP contribution in [0.1, 0.15) is 26.0 Å². The molecule has 16 heavy (non-hydrogen) atoms. The Kier molecular flexibility index (Phi) is 2.90. The third-order valence-electron chi connectivity index (χ3n) is 2.40. The molecule has 0 aliphatic heterocycles. The van der Waals surface area contributed by atoms with E-state index >= 15 is 0 Å². The molecule has 0 fully saturated rings. The lowest BCUT2D eigenvalue weighted by atomic mass is 10.3. The zero-order valence-corrected chi connectivity index (χ0v) is 9.43. The third kappa shape index (κ3) is 1.78. The number of nitrogens with zero attached hydrogens (tertiary/aromatic N) is 2. The lowest BCUT2D eigenvalue weighted by molar-refractivity contribution is -0.133. The highest BCUT2D eigenvalue weighted by Gasteiger charge is 2.14. The topological polar surface area (TPSA) is 43.6 Å². The molecule has 4 heteroatoms. The van der Waals surface area contributed by atoms with Gasteiger partial charge in [0.1, 0.15) is 11.2 Å². The maximum Gasteiger partial charge on any atom is 0.311 e. The average molecular weight is 218 g/mol. The molecule has 84 valence electrons. The number of carbonyl (C=O) groups is 1. The molecule has 0 aliphatic carbocycles. The van der Waals surface area contributed by atoms with Gasteiger partial charge < -0.3 is 4.74 Å². The molecular weight excluding hydrogens is 204 g/mol. The van der Waals surface area contributed by atoms with E-state index < -0.39 is 0 Å². The highest BCUT2D eigenvalue weighted by atomic mass is 16.5. The molecule has 0 radical (unpaired) electrons. The number of carbonyl (C=O) groups excluding carboxylic acids is 1. The van der Waals surface area contributed by atoms with Crippen LogP contribution < -0.4 is 4.74 Å². The van der Waals surface area contributed by atoms with Gasteiger partial charge in [-0.1, -0.05) is 19.9 Å². The van der Waals surface area contributed by atoms with Crippen LogP contribution in [0.15, 0.2) is 24.4 Å². The summed E-state index contributed by atoms with van der Waals surface area (Å²) in [5.41, 5.74) is 1.65. The van der Waals surface area contributed by atoms with Gasteiger partial charge in [0.15, 0.2) is 5.75 Å². The van der Waals surface area contributed by atoms with Crippen LogP contribution in [0.5, 0.6) is 5.75 Å². The van der Waals surface area contributed by atoms with Crippen LogP contribution in [0.3, 0.4) is 0 Å². The highest BCUT2D eigenvalue weighted by molar-refractivity contribution is 5.76. The van der Waals surface area contributed by atoms with Crippen molar-refractivity contribution in [3.63, 3.8) is 0 Å². The smallest absolute Gasteiger partial charge is 0.311 e. The Morgan fingerprint density at radius 1 is 1.44 bits per heavy atom. The Hall–Kier alpha value is -1.84. The van der Waals surface area contributed by atoms with Crippen LogP contribution >= 0.6 is 0 Å². The first-order valence-corrected chi connectivity index (χ1v) is 5.43. The SMILES string of the molecule is CCC(=O)Oc1c(CC)nn2ccccc12. The van der Waals surface area contributed by atoms with Gasteiger partial charge in [-0.25, -0.2) is 4.52 Å². The molecule has 2 heterocycles. The van der Waals surface area contributed by atoms with Gasteiger partial charge in [0.05, 0.1) is 0 Å². The molecule has 2 aromatic rings. The van der Waals surface area contributed by atoms with Crippen LogP contribution in [0.2, 0.25) is 0 Å². The summed E-state index contributed by atoms with van der Waals surface area (Å²) >= 11 is 0. The fourth-order valence-corrected chi connectivity index (χ4v) is 1.55. The molecular formula is C12H14N2O2. The molecule has 0 aromatic carbocycles. The molecule has 0 bridgehead atoms. The highest BCUT2D eigenvalue weighted by Crippen LogP contribution is 2.25. The van der Waals surface area contributed by atoms with Crippen LogP contribution in [0.4, 0.5) is 0 Å². The summed E-state index contributed by atoms with van der Waals surface area (Å²) in [7, 11) is 0. The van der Waals surface area contributed by atoms with Gasteiger partial charge in [-0.05, 0) is 18.6 Å².